The lowest BCUT2D eigenvalue weighted by atomic mass is 9.72. The van der Waals surface area contributed by atoms with E-state index in [-0.39, 0.29) is 18.4 Å². The molecule has 114 valence electrons. The van der Waals surface area contributed by atoms with Crippen LogP contribution < -0.4 is 0 Å². The van der Waals surface area contributed by atoms with Crippen molar-refractivity contribution in [2.45, 2.75) is 63.5 Å². The van der Waals surface area contributed by atoms with Gasteiger partial charge in [0.15, 0.2) is 32.7 Å². The highest BCUT2D eigenvalue weighted by Crippen LogP contribution is 2.32. The van der Waals surface area contributed by atoms with E-state index in [9.17, 15) is 10.2 Å². The van der Waals surface area contributed by atoms with Crippen LogP contribution >= 0.6 is 0 Å². The molecule has 5 atom stereocenters. The Kier molecular flexibility index (Phi) is 5.50. The van der Waals surface area contributed by atoms with Crippen molar-refractivity contribution in [2.24, 2.45) is 0 Å². The zero-order chi connectivity index (χ0) is 14.8. The molecule has 2 rings (SSSR count). The highest BCUT2D eigenvalue weighted by Gasteiger charge is 2.51. The van der Waals surface area contributed by atoms with Crippen LogP contribution in [0.3, 0.4) is 0 Å². The normalized spacial score (nSPS) is 39.2. The number of rotatable bonds is 4. The minimum absolute atomic E-state index is 0.00436. The average Bonchev–Trinajstić information content (AvgIpc) is 2.38. The topological polar surface area (TPSA) is 77.4 Å². The molecular formula is C12H24B2O6. The van der Waals surface area contributed by atoms with Crippen LogP contribution in [0.15, 0.2) is 0 Å². The molecule has 2 N–H and O–H groups in total. The van der Waals surface area contributed by atoms with Crippen molar-refractivity contribution in [2.75, 3.05) is 13.0 Å². The largest absolute Gasteiger partial charge is 0.393 e. The first kappa shape index (κ1) is 16.3. The molecule has 0 amide bonds. The second-order valence-corrected chi connectivity index (χ2v) is 5.92. The van der Waals surface area contributed by atoms with Gasteiger partial charge in [-0.2, -0.15) is 0 Å². The Morgan fingerprint density at radius 1 is 1.10 bits per heavy atom. The number of aliphatic hydroxyl groups excluding tert-OH is 1. The first-order chi connectivity index (χ1) is 9.41. The first-order valence-electron chi connectivity index (χ1n) is 7.36. The molecule has 2 aliphatic rings. The van der Waals surface area contributed by atoms with E-state index >= 15 is 0 Å². The van der Waals surface area contributed by atoms with Crippen LogP contribution in [0.4, 0.5) is 0 Å². The van der Waals surface area contributed by atoms with Crippen molar-refractivity contribution in [1.29, 1.82) is 0 Å². The molecule has 0 aromatic rings. The first-order valence-corrected chi connectivity index (χ1v) is 7.36. The maximum atomic E-state index is 11.0. The summed E-state index contributed by atoms with van der Waals surface area (Å²) in [5.41, 5.74) is -1.52. The van der Waals surface area contributed by atoms with Crippen LogP contribution in [0.5, 0.6) is 0 Å². The van der Waals surface area contributed by atoms with Crippen LogP contribution in [-0.4, -0.2) is 74.1 Å². The molecule has 0 radical (unpaired) electrons. The van der Waals surface area contributed by atoms with Gasteiger partial charge in [0.2, 0.25) is 0 Å². The smallest absolute Gasteiger partial charge is 0.190 e. The molecule has 2 fully saturated rings. The van der Waals surface area contributed by atoms with Gasteiger partial charge in [0.05, 0.1) is 6.10 Å². The molecule has 0 aromatic heterocycles. The van der Waals surface area contributed by atoms with Crippen molar-refractivity contribution in [3.05, 3.63) is 0 Å². The number of hydrogen-bond donors (Lipinski definition) is 2. The van der Waals surface area contributed by atoms with Gasteiger partial charge in [-0.15, -0.1) is 0 Å². The SMILES string of the molecule is CC(O)CC(O)(C1OCBC(C)O1)C1OCBC(C)O1. The van der Waals surface area contributed by atoms with E-state index in [4.69, 9.17) is 18.9 Å². The highest BCUT2D eigenvalue weighted by molar-refractivity contribution is 6.37. The molecule has 2 heterocycles. The minimum Gasteiger partial charge on any atom is -0.393 e. The van der Waals surface area contributed by atoms with Crippen LogP contribution in [0.1, 0.15) is 27.2 Å². The van der Waals surface area contributed by atoms with Gasteiger partial charge in [-0.3, -0.25) is 0 Å². The number of aliphatic hydroxyl groups is 2. The molecule has 8 heteroatoms. The monoisotopic (exact) mass is 286 g/mol. The lowest BCUT2D eigenvalue weighted by Crippen LogP contribution is -2.62. The summed E-state index contributed by atoms with van der Waals surface area (Å²) in [5.74, 6) is 0. The van der Waals surface area contributed by atoms with Gasteiger partial charge >= 0.3 is 0 Å². The van der Waals surface area contributed by atoms with Crippen molar-refractivity contribution in [1.82, 2.24) is 0 Å². The van der Waals surface area contributed by atoms with E-state index in [0.717, 1.165) is 14.6 Å². The molecule has 0 saturated carbocycles. The average molecular weight is 286 g/mol. The lowest BCUT2D eigenvalue weighted by Gasteiger charge is -2.45. The molecule has 6 nitrogen and oxygen atoms in total. The summed E-state index contributed by atoms with van der Waals surface area (Å²) < 4.78 is 22.5. The van der Waals surface area contributed by atoms with Crippen molar-refractivity contribution < 1.29 is 29.2 Å². The zero-order valence-electron chi connectivity index (χ0n) is 12.4. The Bertz CT molecular complexity index is 294. The fourth-order valence-corrected chi connectivity index (χ4v) is 2.62. The summed E-state index contributed by atoms with van der Waals surface area (Å²) in [4.78, 5) is 0. The van der Waals surface area contributed by atoms with Gasteiger partial charge < -0.3 is 29.2 Å². The third kappa shape index (κ3) is 3.75. The summed E-state index contributed by atoms with van der Waals surface area (Å²) >= 11 is 0. The summed E-state index contributed by atoms with van der Waals surface area (Å²) in [6.07, 6.45) is -2.34. The van der Waals surface area contributed by atoms with Crippen molar-refractivity contribution >= 4 is 14.6 Å². The summed E-state index contributed by atoms with van der Waals surface area (Å²) in [6, 6.07) is -0.00873. The Balaban J connectivity index is 2.15. The van der Waals surface area contributed by atoms with Gasteiger partial charge in [-0.25, -0.2) is 0 Å². The van der Waals surface area contributed by atoms with Gasteiger partial charge in [0.25, 0.3) is 0 Å². The van der Waals surface area contributed by atoms with Crippen molar-refractivity contribution in [3.63, 3.8) is 0 Å². The van der Waals surface area contributed by atoms with E-state index in [2.05, 4.69) is 0 Å². The maximum Gasteiger partial charge on any atom is 0.190 e. The van der Waals surface area contributed by atoms with E-state index < -0.39 is 24.3 Å². The van der Waals surface area contributed by atoms with Crippen molar-refractivity contribution in [3.8, 4) is 0 Å². The molecule has 2 aliphatic heterocycles. The number of hydrogen-bond acceptors (Lipinski definition) is 6. The van der Waals surface area contributed by atoms with Gasteiger partial charge in [0, 0.05) is 31.4 Å². The van der Waals surface area contributed by atoms with E-state index in [0.29, 0.717) is 13.0 Å². The van der Waals surface area contributed by atoms with Gasteiger partial charge in [0.1, 0.15) is 0 Å². The summed E-state index contributed by atoms with van der Waals surface area (Å²) in [5, 5.41) is 20.7. The predicted molar refractivity (Wildman–Crippen MR) is 76.1 cm³/mol. The quantitative estimate of drug-likeness (QED) is 0.626. The van der Waals surface area contributed by atoms with Crippen LogP contribution in [0.2, 0.25) is 0 Å². The standard InChI is InChI=1S/C12H24B2O6/c1-7(15)4-12(16,10-17-5-13-8(2)19-10)11-18-6-14-9(3)20-11/h7-11,13-16H,4-6H2,1-3H3. The van der Waals surface area contributed by atoms with E-state index in [1.165, 1.54) is 0 Å². The Labute approximate surface area is 121 Å². The number of ether oxygens (including phenoxy) is 4. The maximum absolute atomic E-state index is 11.0. The lowest BCUT2D eigenvalue weighted by molar-refractivity contribution is -0.336. The van der Waals surface area contributed by atoms with Gasteiger partial charge in [-0.05, 0) is 20.8 Å². The second kappa shape index (κ2) is 6.77. The van der Waals surface area contributed by atoms with Crippen LogP contribution in [0.25, 0.3) is 0 Å². The predicted octanol–water partition coefficient (Wildman–Crippen LogP) is -1.29. The van der Waals surface area contributed by atoms with Gasteiger partial charge in [-0.1, -0.05) is 0 Å². The molecule has 5 unspecified atom stereocenters. The second-order valence-electron chi connectivity index (χ2n) is 5.92. The Morgan fingerprint density at radius 3 is 1.90 bits per heavy atom. The highest BCUT2D eigenvalue weighted by atomic mass is 16.7. The molecule has 20 heavy (non-hydrogen) atoms. The molecule has 0 aromatic carbocycles. The Hall–Kier alpha value is -0.110. The summed E-state index contributed by atoms with van der Waals surface area (Å²) in [6.45, 7) is 6.50. The fraction of sp³-hybridized carbons (Fsp3) is 1.00. The van der Waals surface area contributed by atoms with E-state index in [1.54, 1.807) is 6.92 Å². The van der Waals surface area contributed by atoms with Crippen LogP contribution in [-0.2, 0) is 18.9 Å². The molecule has 0 spiro atoms. The fourth-order valence-electron chi connectivity index (χ4n) is 2.62. The molecule has 0 aliphatic carbocycles. The minimum atomic E-state index is -1.52. The summed E-state index contributed by atoms with van der Waals surface area (Å²) in [7, 11) is 1.56. The van der Waals surface area contributed by atoms with Crippen LogP contribution in [0, 0.1) is 0 Å². The molecule has 2 saturated heterocycles. The molecule has 0 bridgehead atoms. The third-order valence-electron chi connectivity index (χ3n) is 3.74. The Morgan fingerprint density at radius 2 is 1.55 bits per heavy atom. The molecular weight excluding hydrogens is 262 g/mol. The third-order valence-corrected chi connectivity index (χ3v) is 3.74. The zero-order valence-corrected chi connectivity index (χ0v) is 12.4. The van der Waals surface area contributed by atoms with E-state index in [1.807, 2.05) is 13.8 Å².